The van der Waals surface area contributed by atoms with Crippen LogP contribution in [-0.2, 0) is 24.1 Å². The molecule has 0 atom stereocenters. The minimum Gasteiger partial charge on any atom is -0.309 e. The highest BCUT2D eigenvalue weighted by molar-refractivity contribution is 6.63. The number of carbonyl (C=O) groups excluding carboxylic acids is 1. The molecule has 0 unspecified atom stereocenters. The molecule has 0 aromatic carbocycles. The molecule has 1 heterocycles. The number of hydrogen-bond acceptors (Lipinski definition) is 2. The second kappa shape index (κ2) is 5.12. The summed E-state index contributed by atoms with van der Waals surface area (Å²) in [6, 6.07) is 2.25. The summed E-state index contributed by atoms with van der Waals surface area (Å²) < 4.78 is 1.99. The molecule has 1 saturated carbocycles. The first kappa shape index (κ1) is 12.9. The van der Waals surface area contributed by atoms with Crippen LogP contribution in [0.5, 0.6) is 0 Å². The van der Waals surface area contributed by atoms with Gasteiger partial charge < -0.3 is 4.57 Å². The molecule has 1 aromatic heterocycles. The topological polar surface area (TPSA) is 39.1 Å². The zero-order chi connectivity index (χ0) is 13.4. The number of pyridine rings is 1. The molecule has 0 spiro atoms. The lowest BCUT2D eigenvalue weighted by Crippen LogP contribution is -2.30. The predicted molar refractivity (Wildman–Crippen MR) is 74.8 cm³/mol. The van der Waals surface area contributed by atoms with Crippen molar-refractivity contribution in [2.45, 2.75) is 57.4 Å². The Balaban J connectivity index is 2.12. The van der Waals surface area contributed by atoms with E-state index in [0.717, 1.165) is 32.1 Å². The Kier molecular flexibility index (Phi) is 3.48. The quantitative estimate of drug-likeness (QED) is 0.798. The molecule has 0 N–H and O–H groups in total. The van der Waals surface area contributed by atoms with E-state index in [1.54, 1.807) is 0 Å². The minimum atomic E-state index is -0.451. The number of hydrogen-bond donors (Lipinski definition) is 0. The Morgan fingerprint density at radius 3 is 2.68 bits per heavy atom. The van der Waals surface area contributed by atoms with Crippen molar-refractivity contribution in [3.8, 4) is 0 Å². The first-order chi connectivity index (χ1) is 9.16. The minimum absolute atomic E-state index is 0.0153. The zero-order valence-corrected chi connectivity index (χ0v) is 11.7. The van der Waals surface area contributed by atoms with Crippen molar-refractivity contribution in [1.82, 2.24) is 4.57 Å². The Bertz CT molecular complexity index is 570. The summed E-state index contributed by atoms with van der Waals surface area (Å²) in [5, 5.41) is -0.451. The van der Waals surface area contributed by atoms with E-state index in [0.29, 0.717) is 11.6 Å². The van der Waals surface area contributed by atoms with E-state index in [1.807, 2.05) is 10.6 Å². The molecule has 0 amide bonds. The van der Waals surface area contributed by atoms with E-state index in [1.165, 1.54) is 24.1 Å². The third-order valence-corrected chi connectivity index (χ3v) is 4.52. The van der Waals surface area contributed by atoms with Gasteiger partial charge in [0.1, 0.15) is 0 Å². The highest BCUT2D eigenvalue weighted by Gasteiger charge is 2.26. The second-order valence-electron chi connectivity index (χ2n) is 5.64. The van der Waals surface area contributed by atoms with Crippen molar-refractivity contribution in [3.05, 3.63) is 33.2 Å². The van der Waals surface area contributed by atoms with E-state index in [4.69, 9.17) is 11.6 Å². The van der Waals surface area contributed by atoms with Crippen LogP contribution < -0.4 is 5.56 Å². The van der Waals surface area contributed by atoms with Crippen molar-refractivity contribution in [2.24, 2.45) is 0 Å². The van der Waals surface area contributed by atoms with Crippen molar-refractivity contribution in [3.63, 3.8) is 0 Å². The molecule has 2 aliphatic rings. The standard InChI is InChI=1S/C15H18ClNO2/c16-14(18)9-11-8-10-4-3-7-13(10)17(15(11)19)12-5-1-2-6-12/h8,12H,1-7,9H2. The van der Waals surface area contributed by atoms with Gasteiger partial charge in [-0.25, -0.2) is 0 Å². The molecule has 2 aliphatic carbocycles. The second-order valence-corrected chi connectivity index (χ2v) is 6.06. The largest absolute Gasteiger partial charge is 0.309 e. The third kappa shape index (κ3) is 2.36. The molecule has 0 aliphatic heterocycles. The zero-order valence-electron chi connectivity index (χ0n) is 11.0. The van der Waals surface area contributed by atoms with Crippen LogP contribution in [0, 0.1) is 0 Å². The van der Waals surface area contributed by atoms with Gasteiger partial charge in [0.25, 0.3) is 5.56 Å². The van der Waals surface area contributed by atoms with E-state index < -0.39 is 5.24 Å². The van der Waals surface area contributed by atoms with E-state index in [2.05, 4.69) is 0 Å². The molecule has 0 radical (unpaired) electrons. The molecular weight excluding hydrogens is 262 g/mol. The Labute approximate surface area is 117 Å². The van der Waals surface area contributed by atoms with Crippen LogP contribution in [0.15, 0.2) is 10.9 Å². The van der Waals surface area contributed by atoms with Crippen LogP contribution in [0.2, 0.25) is 0 Å². The summed E-state index contributed by atoms with van der Waals surface area (Å²) in [5.74, 6) is 0. The molecule has 0 saturated heterocycles. The van der Waals surface area contributed by atoms with Crippen LogP contribution in [0.3, 0.4) is 0 Å². The van der Waals surface area contributed by atoms with Gasteiger partial charge in [-0.2, -0.15) is 0 Å². The Morgan fingerprint density at radius 1 is 1.26 bits per heavy atom. The van der Waals surface area contributed by atoms with Crippen LogP contribution >= 0.6 is 11.6 Å². The highest BCUT2D eigenvalue weighted by atomic mass is 35.5. The van der Waals surface area contributed by atoms with Gasteiger partial charge in [0.15, 0.2) is 0 Å². The van der Waals surface area contributed by atoms with Crippen molar-refractivity contribution >= 4 is 16.8 Å². The highest BCUT2D eigenvalue weighted by Crippen LogP contribution is 2.32. The Hall–Kier alpha value is -1.09. The lowest BCUT2D eigenvalue weighted by atomic mass is 10.1. The third-order valence-electron chi connectivity index (χ3n) is 4.38. The lowest BCUT2D eigenvalue weighted by molar-refractivity contribution is -0.111. The SMILES string of the molecule is O=C(Cl)Cc1cc2c(n(C3CCCC3)c1=O)CCC2. The summed E-state index contributed by atoms with van der Waals surface area (Å²) in [4.78, 5) is 23.7. The average molecular weight is 280 g/mol. The van der Waals surface area contributed by atoms with Crippen LogP contribution in [-0.4, -0.2) is 9.81 Å². The van der Waals surface area contributed by atoms with Gasteiger partial charge in [-0.15, -0.1) is 0 Å². The fourth-order valence-corrected chi connectivity index (χ4v) is 3.70. The lowest BCUT2D eigenvalue weighted by Gasteiger charge is -2.20. The van der Waals surface area contributed by atoms with E-state index in [-0.39, 0.29) is 12.0 Å². The number of rotatable bonds is 3. The maximum absolute atomic E-state index is 12.6. The van der Waals surface area contributed by atoms with Gasteiger partial charge in [-0.1, -0.05) is 12.8 Å². The molecule has 3 rings (SSSR count). The van der Waals surface area contributed by atoms with Crippen molar-refractivity contribution < 1.29 is 4.79 Å². The Morgan fingerprint density at radius 2 is 2.00 bits per heavy atom. The van der Waals surface area contributed by atoms with Crippen molar-refractivity contribution in [1.29, 1.82) is 0 Å². The number of halogens is 1. The van der Waals surface area contributed by atoms with Crippen LogP contribution in [0.4, 0.5) is 0 Å². The first-order valence-corrected chi connectivity index (χ1v) is 7.49. The van der Waals surface area contributed by atoms with Gasteiger partial charge >= 0.3 is 0 Å². The molecule has 102 valence electrons. The number of fused-ring (bicyclic) bond motifs is 1. The van der Waals surface area contributed by atoms with Crippen LogP contribution in [0.25, 0.3) is 0 Å². The summed E-state index contributed by atoms with van der Waals surface area (Å²) in [5.41, 5.74) is 3.05. The number of aryl methyl sites for hydroxylation is 1. The maximum Gasteiger partial charge on any atom is 0.254 e. The van der Waals surface area contributed by atoms with Gasteiger partial charge in [0, 0.05) is 17.3 Å². The molecule has 4 heteroatoms. The summed E-state index contributed by atoms with van der Waals surface area (Å²) in [7, 11) is 0. The fourth-order valence-electron chi connectivity index (χ4n) is 3.56. The van der Waals surface area contributed by atoms with E-state index >= 15 is 0 Å². The maximum atomic E-state index is 12.6. The van der Waals surface area contributed by atoms with Crippen molar-refractivity contribution in [2.75, 3.05) is 0 Å². The van der Waals surface area contributed by atoms with E-state index in [9.17, 15) is 9.59 Å². The smallest absolute Gasteiger partial charge is 0.254 e. The summed E-state index contributed by atoms with van der Waals surface area (Å²) >= 11 is 5.46. The predicted octanol–water partition coefficient (Wildman–Crippen LogP) is 2.76. The normalized spacial score (nSPS) is 18.8. The molecule has 19 heavy (non-hydrogen) atoms. The van der Waals surface area contributed by atoms with Gasteiger partial charge in [0.2, 0.25) is 5.24 Å². The monoisotopic (exact) mass is 279 g/mol. The fraction of sp³-hybridized carbons (Fsp3) is 0.600. The van der Waals surface area contributed by atoms with Crippen LogP contribution in [0.1, 0.15) is 55.0 Å². The number of aromatic nitrogens is 1. The van der Waals surface area contributed by atoms with Gasteiger partial charge in [0.05, 0.1) is 6.42 Å². The van der Waals surface area contributed by atoms with Gasteiger partial charge in [-0.05, 0) is 55.3 Å². The molecule has 1 fully saturated rings. The average Bonchev–Trinajstić information content (AvgIpc) is 2.99. The first-order valence-electron chi connectivity index (χ1n) is 7.11. The summed E-state index contributed by atoms with van der Waals surface area (Å²) in [6.07, 6.45) is 7.76. The molecular formula is C15H18ClNO2. The molecule has 3 nitrogen and oxygen atoms in total. The number of carbonyl (C=O) groups is 1. The number of nitrogens with zero attached hydrogens (tertiary/aromatic N) is 1. The van der Waals surface area contributed by atoms with Gasteiger partial charge in [-0.3, -0.25) is 9.59 Å². The summed E-state index contributed by atoms with van der Waals surface area (Å²) in [6.45, 7) is 0. The molecule has 1 aromatic rings. The molecule has 0 bridgehead atoms.